The van der Waals surface area contributed by atoms with Crippen LogP contribution < -0.4 is 5.32 Å². The summed E-state index contributed by atoms with van der Waals surface area (Å²) in [5.74, 6) is 0. The van der Waals surface area contributed by atoms with Crippen molar-refractivity contribution in [2.45, 2.75) is 19.1 Å². The Bertz CT molecular complexity index is 539. The average molecular weight is 270 g/mol. The van der Waals surface area contributed by atoms with Gasteiger partial charge in [0.05, 0.1) is 22.9 Å². The van der Waals surface area contributed by atoms with E-state index in [1.54, 1.807) is 19.2 Å². The number of nitrogens with one attached hydrogen (secondary N) is 1. The van der Waals surface area contributed by atoms with Crippen LogP contribution in [0.15, 0.2) is 24.5 Å². The average Bonchev–Trinajstić information content (AvgIpc) is 2.70. The fourth-order valence-corrected chi connectivity index (χ4v) is 1.79. The summed E-state index contributed by atoms with van der Waals surface area (Å²) in [6, 6.07) is 3.63. The Hall–Kier alpha value is -1.14. The number of imidazole rings is 1. The Morgan fingerprint density at radius 3 is 2.94 bits per heavy atom. The van der Waals surface area contributed by atoms with Crippen molar-refractivity contribution in [1.82, 2.24) is 14.7 Å². The topological polar surface area (TPSA) is 69.8 Å². The molecule has 0 aliphatic heterocycles. The van der Waals surface area contributed by atoms with Crippen LogP contribution in [-0.4, -0.2) is 38.4 Å². The van der Waals surface area contributed by atoms with Gasteiger partial charge in [0.15, 0.2) is 0 Å². The van der Waals surface area contributed by atoms with E-state index in [1.807, 2.05) is 16.7 Å². The lowest BCUT2D eigenvalue weighted by Crippen LogP contribution is -2.40. The van der Waals surface area contributed by atoms with E-state index in [2.05, 4.69) is 10.3 Å². The van der Waals surface area contributed by atoms with Gasteiger partial charge in [0, 0.05) is 25.5 Å². The first-order valence-electron chi connectivity index (χ1n) is 5.67. The van der Waals surface area contributed by atoms with Crippen molar-refractivity contribution >= 4 is 17.2 Å². The summed E-state index contributed by atoms with van der Waals surface area (Å²) in [4.78, 5) is 4.40. The predicted octanol–water partition coefficient (Wildman–Crippen LogP) is 0.821. The van der Waals surface area contributed by atoms with Gasteiger partial charge in [-0.1, -0.05) is 11.6 Å². The molecule has 1 atom stereocenters. The smallest absolute Gasteiger partial charge is 0.137 e. The molecule has 18 heavy (non-hydrogen) atoms. The predicted molar refractivity (Wildman–Crippen MR) is 69.6 cm³/mol. The lowest BCUT2D eigenvalue weighted by atomic mass is 10.1. The van der Waals surface area contributed by atoms with E-state index < -0.39 is 5.60 Å². The van der Waals surface area contributed by atoms with Gasteiger partial charge in [-0.25, -0.2) is 4.98 Å². The van der Waals surface area contributed by atoms with Crippen LogP contribution in [0.25, 0.3) is 5.65 Å². The normalized spacial score (nSPS) is 14.9. The van der Waals surface area contributed by atoms with Crippen molar-refractivity contribution in [3.05, 3.63) is 35.2 Å². The third kappa shape index (κ3) is 3.20. The van der Waals surface area contributed by atoms with Crippen LogP contribution in [0.3, 0.4) is 0 Å². The van der Waals surface area contributed by atoms with Crippen molar-refractivity contribution in [3.8, 4) is 0 Å². The quantitative estimate of drug-likeness (QED) is 0.752. The molecule has 0 radical (unpaired) electrons. The van der Waals surface area contributed by atoms with Crippen LogP contribution in [0.1, 0.15) is 12.6 Å². The third-order valence-electron chi connectivity index (χ3n) is 2.62. The number of hydrogen-bond acceptors (Lipinski definition) is 4. The molecule has 0 saturated heterocycles. The highest BCUT2D eigenvalue weighted by molar-refractivity contribution is 6.30. The maximum absolute atomic E-state index is 9.62. The van der Waals surface area contributed by atoms with Crippen LogP contribution in [0, 0.1) is 0 Å². The molecule has 0 aromatic carbocycles. The molecule has 2 aromatic heterocycles. The molecule has 0 aliphatic carbocycles. The first-order valence-corrected chi connectivity index (χ1v) is 6.05. The van der Waals surface area contributed by atoms with Crippen LogP contribution in [0.5, 0.6) is 0 Å². The minimum atomic E-state index is -1.11. The Morgan fingerprint density at radius 1 is 1.44 bits per heavy atom. The maximum Gasteiger partial charge on any atom is 0.137 e. The molecule has 0 amide bonds. The Labute approximate surface area is 110 Å². The molecule has 0 saturated carbocycles. The third-order valence-corrected chi connectivity index (χ3v) is 2.84. The van der Waals surface area contributed by atoms with Gasteiger partial charge in [-0.15, -0.1) is 0 Å². The van der Waals surface area contributed by atoms with E-state index in [-0.39, 0.29) is 6.61 Å². The largest absolute Gasteiger partial charge is 0.393 e. The minimum absolute atomic E-state index is 0.277. The fraction of sp³-hybridized carbons (Fsp3) is 0.417. The van der Waals surface area contributed by atoms with Gasteiger partial charge in [-0.3, -0.25) is 0 Å². The number of fused-ring (bicyclic) bond motifs is 1. The number of aliphatic hydroxyl groups excluding tert-OH is 1. The van der Waals surface area contributed by atoms with E-state index >= 15 is 0 Å². The van der Waals surface area contributed by atoms with E-state index in [0.717, 1.165) is 11.3 Å². The van der Waals surface area contributed by atoms with E-state index in [9.17, 15) is 5.11 Å². The summed E-state index contributed by atoms with van der Waals surface area (Å²) >= 11 is 5.89. The molecular formula is C12H16ClN3O2. The first kappa shape index (κ1) is 13.3. The van der Waals surface area contributed by atoms with Crippen LogP contribution in [0.4, 0.5) is 0 Å². The second kappa shape index (κ2) is 5.24. The molecule has 0 bridgehead atoms. The molecule has 98 valence electrons. The van der Waals surface area contributed by atoms with Crippen molar-refractivity contribution in [2.75, 3.05) is 13.2 Å². The fourth-order valence-electron chi connectivity index (χ4n) is 1.62. The van der Waals surface area contributed by atoms with Crippen LogP contribution >= 0.6 is 11.6 Å². The molecule has 2 aromatic rings. The molecule has 5 nitrogen and oxygen atoms in total. The number of halogens is 1. The van der Waals surface area contributed by atoms with Gasteiger partial charge >= 0.3 is 0 Å². The summed E-state index contributed by atoms with van der Waals surface area (Å²) in [6.45, 7) is 2.12. The molecule has 0 spiro atoms. The lowest BCUT2D eigenvalue weighted by Gasteiger charge is -2.20. The van der Waals surface area contributed by atoms with Gasteiger partial charge in [-0.2, -0.15) is 0 Å². The van der Waals surface area contributed by atoms with Gasteiger partial charge in [0.25, 0.3) is 0 Å². The number of aromatic nitrogens is 2. The van der Waals surface area contributed by atoms with Crippen molar-refractivity contribution < 1.29 is 10.2 Å². The van der Waals surface area contributed by atoms with E-state index in [0.29, 0.717) is 18.1 Å². The van der Waals surface area contributed by atoms with E-state index in [4.69, 9.17) is 16.7 Å². The molecule has 6 heteroatoms. The van der Waals surface area contributed by atoms with Gasteiger partial charge in [-0.05, 0) is 19.1 Å². The summed E-state index contributed by atoms with van der Waals surface area (Å²) in [5, 5.41) is 22.2. The SMILES string of the molecule is CC(O)(CO)CNCc1cn2cc(Cl)ccc2n1. The number of rotatable bonds is 5. The number of nitrogens with zero attached hydrogens (tertiary/aromatic N) is 2. The zero-order chi connectivity index (χ0) is 13.2. The molecule has 2 heterocycles. The molecule has 0 aliphatic rings. The van der Waals surface area contributed by atoms with Crippen molar-refractivity contribution in [2.24, 2.45) is 0 Å². The number of hydrogen-bond donors (Lipinski definition) is 3. The molecule has 0 fully saturated rings. The first-order chi connectivity index (χ1) is 8.50. The highest BCUT2D eigenvalue weighted by Gasteiger charge is 2.18. The Morgan fingerprint density at radius 2 is 2.22 bits per heavy atom. The lowest BCUT2D eigenvalue weighted by molar-refractivity contribution is 0.00249. The number of aliphatic hydroxyl groups is 2. The number of pyridine rings is 1. The second-order valence-electron chi connectivity index (χ2n) is 4.60. The van der Waals surface area contributed by atoms with Gasteiger partial charge in [0.2, 0.25) is 0 Å². The van der Waals surface area contributed by atoms with Crippen LogP contribution in [-0.2, 0) is 6.54 Å². The maximum atomic E-state index is 9.62. The van der Waals surface area contributed by atoms with Crippen molar-refractivity contribution in [1.29, 1.82) is 0 Å². The van der Waals surface area contributed by atoms with Gasteiger partial charge in [0.1, 0.15) is 5.65 Å². The highest BCUT2D eigenvalue weighted by atomic mass is 35.5. The Kier molecular flexibility index (Phi) is 3.87. The second-order valence-corrected chi connectivity index (χ2v) is 5.04. The summed E-state index contributed by atoms with van der Waals surface area (Å²) < 4.78 is 1.85. The molecule has 2 rings (SSSR count). The van der Waals surface area contributed by atoms with Gasteiger partial charge < -0.3 is 19.9 Å². The molecule has 3 N–H and O–H groups in total. The van der Waals surface area contributed by atoms with Crippen molar-refractivity contribution in [3.63, 3.8) is 0 Å². The molecular weight excluding hydrogens is 254 g/mol. The summed E-state index contributed by atoms with van der Waals surface area (Å²) in [6.07, 6.45) is 3.67. The Balaban J connectivity index is 2.00. The minimum Gasteiger partial charge on any atom is -0.393 e. The standard InChI is InChI=1S/C12H16ClN3O2/c1-12(18,8-17)7-14-4-10-6-16-5-9(13)2-3-11(16)15-10/h2-3,5-6,14,17-18H,4,7-8H2,1H3. The summed E-state index contributed by atoms with van der Waals surface area (Å²) in [5.41, 5.74) is 0.568. The molecule has 1 unspecified atom stereocenters. The zero-order valence-corrected chi connectivity index (χ0v) is 10.9. The zero-order valence-electron chi connectivity index (χ0n) is 10.1. The summed E-state index contributed by atoms with van der Waals surface area (Å²) in [7, 11) is 0. The van der Waals surface area contributed by atoms with E-state index in [1.165, 1.54) is 0 Å². The van der Waals surface area contributed by atoms with Crippen LogP contribution in [0.2, 0.25) is 5.02 Å². The monoisotopic (exact) mass is 269 g/mol. The highest BCUT2D eigenvalue weighted by Crippen LogP contribution is 2.11.